The Morgan fingerprint density at radius 1 is 0.344 bits per heavy atom. The van der Waals surface area contributed by atoms with E-state index in [0.717, 1.165) is 47.9 Å². The standard InChI is InChI=1S/C30H22OSi/c31-32(28-19-7-13-22-10-1-4-16-25(22)28,29-20-8-14-23-11-2-5-17-26(23)29)30-21-9-15-24-12-3-6-18-27(24)30/h1-21,31H. The lowest BCUT2D eigenvalue weighted by Crippen LogP contribution is -2.68. The van der Waals surface area contributed by atoms with Crippen LogP contribution in [0.2, 0.25) is 0 Å². The lowest BCUT2D eigenvalue weighted by molar-refractivity contribution is 0.584. The Kier molecular flexibility index (Phi) is 4.42. The molecule has 152 valence electrons. The van der Waals surface area contributed by atoms with Crippen LogP contribution in [0.3, 0.4) is 0 Å². The average molecular weight is 427 g/mol. The Hall–Kier alpha value is -3.72. The molecule has 0 saturated heterocycles. The monoisotopic (exact) mass is 426 g/mol. The van der Waals surface area contributed by atoms with E-state index in [4.69, 9.17) is 0 Å². The molecule has 0 unspecified atom stereocenters. The molecule has 0 heterocycles. The zero-order valence-electron chi connectivity index (χ0n) is 17.6. The number of rotatable bonds is 3. The molecule has 0 saturated carbocycles. The van der Waals surface area contributed by atoms with Gasteiger partial charge in [-0.25, -0.2) is 0 Å². The molecule has 6 aromatic rings. The zero-order chi connectivity index (χ0) is 21.5. The fourth-order valence-corrected chi connectivity index (χ4v) is 8.79. The minimum Gasteiger partial charge on any atom is -0.421 e. The van der Waals surface area contributed by atoms with Gasteiger partial charge in [0.25, 0.3) is 8.32 Å². The van der Waals surface area contributed by atoms with E-state index in [1.807, 2.05) is 0 Å². The van der Waals surface area contributed by atoms with Gasteiger partial charge in [-0.3, -0.25) is 0 Å². The zero-order valence-corrected chi connectivity index (χ0v) is 18.6. The van der Waals surface area contributed by atoms with E-state index in [-0.39, 0.29) is 0 Å². The summed E-state index contributed by atoms with van der Waals surface area (Å²) in [5.74, 6) is 0. The third kappa shape index (κ3) is 2.81. The molecule has 0 spiro atoms. The number of fused-ring (bicyclic) bond motifs is 3. The summed E-state index contributed by atoms with van der Waals surface area (Å²) in [7, 11) is -3.37. The topological polar surface area (TPSA) is 20.2 Å². The van der Waals surface area contributed by atoms with Gasteiger partial charge < -0.3 is 4.80 Å². The Balaban J connectivity index is 1.81. The van der Waals surface area contributed by atoms with E-state index in [2.05, 4.69) is 127 Å². The predicted molar refractivity (Wildman–Crippen MR) is 139 cm³/mol. The Bertz CT molecular complexity index is 1390. The van der Waals surface area contributed by atoms with Crippen molar-refractivity contribution in [2.45, 2.75) is 0 Å². The number of hydrogen-bond acceptors (Lipinski definition) is 1. The van der Waals surface area contributed by atoms with Crippen molar-refractivity contribution in [3.63, 3.8) is 0 Å². The van der Waals surface area contributed by atoms with Gasteiger partial charge in [0.05, 0.1) is 0 Å². The van der Waals surface area contributed by atoms with Gasteiger partial charge in [0.2, 0.25) is 0 Å². The second-order valence-electron chi connectivity index (χ2n) is 8.29. The summed E-state index contributed by atoms with van der Waals surface area (Å²) in [5.41, 5.74) is 0. The van der Waals surface area contributed by atoms with Crippen molar-refractivity contribution >= 4 is 56.2 Å². The molecule has 1 nitrogen and oxygen atoms in total. The molecular weight excluding hydrogens is 404 g/mol. The molecule has 0 amide bonds. The summed E-state index contributed by atoms with van der Waals surface area (Å²) in [6.07, 6.45) is 0. The van der Waals surface area contributed by atoms with Crippen LogP contribution >= 0.6 is 0 Å². The lowest BCUT2D eigenvalue weighted by Gasteiger charge is -2.30. The first-order chi connectivity index (χ1) is 15.8. The molecule has 6 aromatic carbocycles. The molecule has 0 atom stereocenters. The average Bonchev–Trinajstić information content (AvgIpc) is 2.87. The first-order valence-corrected chi connectivity index (χ1v) is 12.9. The Morgan fingerprint density at radius 3 is 0.969 bits per heavy atom. The summed E-state index contributed by atoms with van der Waals surface area (Å²) in [6.45, 7) is 0. The van der Waals surface area contributed by atoms with Gasteiger partial charge in [0.15, 0.2) is 0 Å². The molecule has 0 aliphatic rings. The van der Waals surface area contributed by atoms with Crippen molar-refractivity contribution < 1.29 is 4.80 Å². The van der Waals surface area contributed by atoms with Crippen LogP contribution in [0.4, 0.5) is 0 Å². The molecule has 0 aromatic heterocycles. The largest absolute Gasteiger partial charge is 0.421 e. The van der Waals surface area contributed by atoms with Crippen LogP contribution in [-0.2, 0) is 0 Å². The van der Waals surface area contributed by atoms with Crippen molar-refractivity contribution in [1.82, 2.24) is 0 Å². The highest BCUT2D eigenvalue weighted by atomic mass is 28.4. The predicted octanol–water partition coefficient (Wildman–Crippen LogP) is 5.11. The number of hydrogen-bond donors (Lipinski definition) is 1. The molecule has 6 rings (SSSR count). The third-order valence-electron chi connectivity index (χ3n) is 6.54. The van der Waals surface area contributed by atoms with Crippen LogP contribution in [-0.4, -0.2) is 13.1 Å². The molecule has 0 aliphatic heterocycles. The maximum Gasteiger partial charge on any atom is 0.287 e. The van der Waals surface area contributed by atoms with Gasteiger partial charge in [0, 0.05) is 0 Å². The van der Waals surface area contributed by atoms with Crippen LogP contribution in [0.15, 0.2) is 127 Å². The van der Waals surface area contributed by atoms with Crippen LogP contribution in [0.5, 0.6) is 0 Å². The molecule has 2 heteroatoms. The SMILES string of the molecule is O[Si](c1cccc2ccccc12)(c1cccc2ccccc12)c1cccc2ccccc12. The Morgan fingerprint density at radius 2 is 0.625 bits per heavy atom. The molecule has 0 fully saturated rings. The van der Waals surface area contributed by atoms with Crippen LogP contribution in [0.1, 0.15) is 0 Å². The van der Waals surface area contributed by atoms with Gasteiger partial charge in [-0.05, 0) is 47.9 Å². The van der Waals surface area contributed by atoms with E-state index in [1.165, 1.54) is 0 Å². The highest BCUT2D eigenvalue weighted by Gasteiger charge is 2.41. The summed E-state index contributed by atoms with van der Waals surface area (Å²) in [6, 6.07) is 44.1. The summed E-state index contributed by atoms with van der Waals surface area (Å²) in [4.78, 5) is 13.1. The minimum absolute atomic E-state index is 1.03. The fraction of sp³-hybridized carbons (Fsp3) is 0. The second-order valence-corrected chi connectivity index (χ2v) is 11.3. The van der Waals surface area contributed by atoms with Crippen LogP contribution in [0.25, 0.3) is 32.3 Å². The molecule has 0 bridgehead atoms. The second kappa shape index (κ2) is 7.45. The normalized spacial score (nSPS) is 11.9. The molecule has 32 heavy (non-hydrogen) atoms. The van der Waals surface area contributed by atoms with E-state index in [9.17, 15) is 4.80 Å². The molecule has 0 aliphatic carbocycles. The maximum atomic E-state index is 13.1. The number of benzene rings is 6. The quantitative estimate of drug-likeness (QED) is 0.308. The van der Waals surface area contributed by atoms with Gasteiger partial charge >= 0.3 is 0 Å². The smallest absolute Gasteiger partial charge is 0.287 e. The van der Waals surface area contributed by atoms with Crippen molar-refractivity contribution in [3.05, 3.63) is 127 Å². The van der Waals surface area contributed by atoms with Crippen LogP contribution < -0.4 is 15.6 Å². The van der Waals surface area contributed by atoms with Crippen molar-refractivity contribution in [3.8, 4) is 0 Å². The Labute approximate surface area is 188 Å². The van der Waals surface area contributed by atoms with Gasteiger partial charge in [-0.15, -0.1) is 0 Å². The summed E-state index contributed by atoms with van der Waals surface area (Å²) < 4.78 is 0. The molecular formula is C30H22OSi. The van der Waals surface area contributed by atoms with Gasteiger partial charge in [-0.2, -0.15) is 0 Å². The highest BCUT2D eigenvalue weighted by Crippen LogP contribution is 2.22. The molecule has 1 N–H and O–H groups in total. The minimum atomic E-state index is -3.37. The first-order valence-electron chi connectivity index (χ1n) is 10.9. The van der Waals surface area contributed by atoms with Crippen LogP contribution in [0, 0.1) is 0 Å². The third-order valence-corrected chi connectivity index (χ3v) is 10.2. The first kappa shape index (κ1) is 19.0. The van der Waals surface area contributed by atoms with Gasteiger partial charge in [-0.1, -0.05) is 127 Å². The highest BCUT2D eigenvalue weighted by molar-refractivity contribution is 7.09. The lowest BCUT2D eigenvalue weighted by atomic mass is 10.1. The maximum absolute atomic E-state index is 13.1. The van der Waals surface area contributed by atoms with E-state index >= 15 is 0 Å². The van der Waals surface area contributed by atoms with Crippen molar-refractivity contribution in [1.29, 1.82) is 0 Å². The fourth-order valence-electron chi connectivity index (χ4n) is 5.06. The van der Waals surface area contributed by atoms with E-state index < -0.39 is 8.32 Å². The molecule has 0 radical (unpaired) electrons. The van der Waals surface area contributed by atoms with Crippen molar-refractivity contribution in [2.75, 3.05) is 0 Å². The van der Waals surface area contributed by atoms with Crippen molar-refractivity contribution in [2.24, 2.45) is 0 Å². The summed E-state index contributed by atoms with van der Waals surface area (Å²) >= 11 is 0. The van der Waals surface area contributed by atoms with E-state index in [0.29, 0.717) is 0 Å². The van der Waals surface area contributed by atoms with E-state index in [1.54, 1.807) is 0 Å². The summed E-state index contributed by atoms with van der Waals surface area (Å²) in [5, 5.41) is 9.89. The van der Waals surface area contributed by atoms with Gasteiger partial charge in [0.1, 0.15) is 0 Å².